The third-order valence-corrected chi connectivity index (χ3v) is 3.54. The molecule has 0 aliphatic carbocycles. The van der Waals surface area contributed by atoms with Crippen LogP contribution in [-0.2, 0) is 0 Å². The van der Waals surface area contributed by atoms with E-state index >= 15 is 0 Å². The van der Waals surface area contributed by atoms with E-state index in [0.29, 0.717) is 5.92 Å². The van der Waals surface area contributed by atoms with Crippen molar-refractivity contribution in [3.05, 3.63) is 24.6 Å². The first kappa shape index (κ1) is 23.8. The largest absolute Gasteiger partial charge is 0.358 e. The third-order valence-electron chi connectivity index (χ3n) is 3.10. The van der Waals surface area contributed by atoms with Crippen LogP contribution >= 0.6 is 12.6 Å². The summed E-state index contributed by atoms with van der Waals surface area (Å²) in [5.41, 5.74) is 1.16. The second-order valence-electron chi connectivity index (χ2n) is 4.23. The van der Waals surface area contributed by atoms with Crippen LogP contribution in [0.25, 0.3) is 0 Å². The van der Waals surface area contributed by atoms with E-state index in [-0.39, 0.29) is 5.31 Å². The van der Waals surface area contributed by atoms with Crippen LogP contribution in [0.1, 0.15) is 54.9 Å². The molecule has 0 heterocycles. The molecule has 0 saturated carbocycles. The molecule has 0 aromatic heterocycles. The lowest BCUT2D eigenvalue weighted by Crippen LogP contribution is -2.24. The molecule has 0 aliphatic heterocycles. The van der Waals surface area contributed by atoms with Gasteiger partial charge in [0.25, 0.3) is 0 Å². The highest BCUT2D eigenvalue weighted by Gasteiger charge is 2.28. The topological polar surface area (TPSA) is 3.24 Å². The lowest BCUT2D eigenvalue weighted by Gasteiger charge is -2.35. The van der Waals surface area contributed by atoms with E-state index in [1.807, 2.05) is 45.8 Å². The Labute approximate surface area is 129 Å². The van der Waals surface area contributed by atoms with Gasteiger partial charge in [-0.1, -0.05) is 60.1 Å². The van der Waals surface area contributed by atoms with Gasteiger partial charge in [-0.2, -0.15) is 12.6 Å². The van der Waals surface area contributed by atoms with Gasteiger partial charge in [-0.05, 0) is 30.1 Å². The summed E-state index contributed by atoms with van der Waals surface area (Å²) in [5, 5.41) is -0.298. The molecule has 0 rings (SSSR count). The second-order valence-corrected chi connectivity index (χ2v) is 4.60. The van der Waals surface area contributed by atoms with Crippen molar-refractivity contribution < 1.29 is 0 Å². The van der Waals surface area contributed by atoms with Crippen molar-refractivity contribution in [1.82, 2.24) is 4.90 Å². The minimum atomic E-state index is -0.298. The molecule has 0 fully saturated rings. The normalized spacial score (nSPS) is 14.9. The molecule has 1 nitrogen and oxygen atoms in total. The Morgan fingerprint density at radius 1 is 1.37 bits per heavy atom. The predicted molar refractivity (Wildman–Crippen MR) is 96.2 cm³/mol. The van der Waals surface area contributed by atoms with E-state index in [4.69, 9.17) is 7.85 Å². The fourth-order valence-corrected chi connectivity index (χ4v) is 2.20. The predicted octanol–water partition coefficient (Wildman–Crippen LogP) is 5.32. The van der Waals surface area contributed by atoms with E-state index in [1.54, 1.807) is 6.20 Å². The number of thiol groups is 1. The maximum absolute atomic E-state index is 6.35. The minimum absolute atomic E-state index is 0.298. The molecule has 2 atom stereocenters. The van der Waals surface area contributed by atoms with Crippen molar-refractivity contribution in [3.63, 3.8) is 0 Å². The standard InChI is InChI=1S/C12H22BNS.2C2H6/c1-6-11(9-15)12(4,13)10(3)8-14(5)7-2;2*1-2/h7-8,11,15H,2,6,9H2,1,3-5H3;2*1-2H3/b10-8+;;. The van der Waals surface area contributed by atoms with Crippen LogP contribution in [0.5, 0.6) is 0 Å². The lowest BCUT2D eigenvalue weighted by molar-refractivity contribution is 0.447. The van der Waals surface area contributed by atoms with Gasteiger partial charge < -0.3 is 4.90 Å². The molecular weight excluding hydrogens is 249 g/mol. The van der Waals surface area contributed by atoms with E-state index in [9.17, 15) is 0 Å². The summed E-state index contributed by atoms with van der Waals surface area (Å²) in [6.45, 7) is 18.0. The zero-order valence-corrected chi connectivity index (χ0v) is 15.2. The number of rotatable bonds is 6. The number of hydrogen-bond acceptors (Lipinski definition) is 2. The first-order valence-corrected chi connectivity index (χ1v) is 7.96. The van der Waals surface area contributed by atoms with E-state index < -0.39 is 0 Å². The van der Waals surface area contributed by atoms with Crippen molar-refractivity contribution in [2.75, 3.05) is 12.8 Å². The van der Waals surface area contributed by atoms with Gasteiger partial charge in [-0.3, -0.25) is 0 Å². The average Bonchev–Trinajstić information content (AvgIpc) is 2.44. The van der Waals surface area contributed by atoms with Crippen LogP contribution in [0.4, 0.5) is 0 Å². The molecular formula is C16H34BNS. The van der Waals surface area contributed by atoms with Crippen molar-refractivity contribution in [3.8, 4) is 0 Å². The van der Waals surface area contributed by atoms with Gasteiger partial charge in [0.2, 0.25) is 0 Å². The van der Waals surface area contributed by atoms with Crippen molar-refractivity contribution in [2.24, 2.45) is 5.92 Å². The Morgan fingerprint density at radius 3 is 2.05 bits per heavy atom. The summed E-state index contributed by atoms with van der Waals surface area (Å²) in [4.78, 5) is 1.92. The van der Waals surface area contributed by atoms with E-state index in [2.05, 4.69) is 40.0 Å². The second kappa shape index (κ2) is 14.1. The molecule has 0 N–H and O–H groups in total. The summed E-state index contributed by atoms with van der Waals surface area (Å²) in [6, 6.07) is 0. The minimum Gasteiger partial charge on any atom is -0.358 e. The molecule has 0 bridgehead atoms. The fraction of sp³-hybridized carbons (Fsp3) is 0.750. The van der Waals surface area contributed by atoms with Crippen LogP contribution < -0.4 is 0 Å². The highest BCUT2D eigenvalue weighted by atomic mass is 32.1. The Morgan fingerprint density at radius 2 is 1.79 bits per heavy atom. The SMILES string of the molecule is CC.CC.[B]C(C)(/C(C)=C/N(C)C=C)C(CC)CS. The van der Waals surface area contributed by atoms with Crippen LogP contribution in [0.3, 0.4) is 0 Å². The molecule has 3 heteroatoms. The molecule has 2 radical (unpaired) electrons. The third kappa shape index (κ3) is 9.26. The number of hydrogen-bond donors (Lipinski definition) is 1. The van der Waals surface area contributed by atoms with Crippen molar-refractivity contribution in [1.29, 1.82) is 0 Å². The summed E-state index contributed by atoms with van der Waals surface area (Å²) >= 11 is 4.36. The van der Waals surface area contributed by atoms with Crippen LogP contribution in [-0.4, -0.2) is 25.5 Å². The van der Waals surface area contributed by atoms with Gasteiger partial charge in [0.15, 0.2) is 0 Å². The maximum atomic E-state index is 6.35. The fourth-order valence-electron chi connectivity index (χ4n) is 1.56. The smallest absolute Gasteiger partial charge is 0.0807 e. The highest BCUT2D eigenvalue weighted by Crippen LogP contribution is 2.41. The maximum Gasteiger partial charge on any atom is 0.0807 e. The van der Waals surface area contributed by atoms with Crippen molar-refractivity contribution >= 4 is 20.5 Å². The first-order valence-electron chi connectivity index (χ1n) is 7.33. The Bertz CT molecular complexity index is 233. The van der Waals surface area contributed by atoms with Crippen LogP contribution in [0, 0.1) is 5.92 Å². The average molecular weight is 283 g/mol. The zero-order valence-electron chi connectivity index (χ0n) is 14.3. The summed E-state index contributed by atoms with van der Waals surface area (Å²) in [6.07, 6.45) is 4.83. The van der Waals surface area contributed by atoms with Gasteiger partial charge in [-0.25, -0.2) is 0 Å². The molecule has 0 aromatic carbocycles. The highest BCUT2D eigenvalue weighted by molar-refractivity contribution is 7.80. The summed E-state index contributed by atoms with van der Waals surface area (Å²) in [7, 11) is 8.30. The van der Waals surface area contributed by atoms with Gasteiger partial charge in [-0.15, -0.1) is 0 Å². The van der Waals surface area contributed by atoms with Gasteiger partial charge in [0, 0.05) is 13.2 Å². The first-order chi connectivity index (χ1) is 8.89. The molecule has 0 aliphatic rings. The number of nitrogens with zero attached hydrogens (tertiary/aromatic N) is 1. The molecule has 0 spiro atoms. The molecule has 0 saturated heterocycles. The monoisotopic (exact) mass is 283 g/mol. The van der Waals surface area contributed by atoms with Gasteiger partial charge in [0.05, 0.1) is 7.85 Å². The Kier molecular flexibility index (Phi) is 17.6. The van der Waals surface area contributed by atoms with Crippen LogP contribution in [0.15, 0.2) is 24.6 Å². The van der Waals surface area contributed by atoms with Gasteiger partial charge in [0.1, 0.15) is 0 Å². The Balaban J connectivity index is -0.000000579. The Hall–Kier alpha value is -0.305. The summed E-state index contributed by atoms with van der Waals surface area (Å²) < 4.78 is 0. The number of allylic oxidation sites excluding steroid dienone is 1. The molecule has 112 valence electrons. The molecule has 2 unspecified atom stereocenters. The van der Waals surface area contributed by atoms with Crippen LogP contribution in [0.2, 0.25) is 5.31 Å². The van der Waals surface area contributed by atoms with Crippen molar-refractivity contribution in [2.45, 2.75) is 60.2 Å². The zero-order chi connectivity index (χ0) is 16.1. The lowest BCUT2D eigenvalue weighted by atomic mass is 9.58. The molecule has 0 amide bonds. The molecule has 0 aromatic rings. The quantitative estimate of drug-likeness (QED) is 0.510. The molecule has 19 heavy (non-hydrogen) atoms. The van der Waals surface area contributed by atoms with E-state index in [0.717, 1.165) is 17.7 Å². The summed E-state index contributed by atoms with van der Waals surface area (Å²) in [5.74, 6) is 1.21. The van der Waals surface area contributed by atoms with Gasteiger partial charge >= 0.3 is 0 Å². The van der Waals surface area contributed by atoms with E-state index in [1.165, 1.54) is 0 Å².